The van der Waals surface area contributed by atoms with E-state index in [9.17, 15) is 0 Å². The smallest absolute Gasteiger partial charge is 0.235 e. The Hall–Kier alpha value is -7.50. The van der Waals surface area contributed by atoms with Crippen LogP contribution in [0.4, 0.5) is 0 Å². The first kappa shape index (κ1) is 30.0. The van der Waals surface area contributed by atoms with E-state index in [0.717, 1.165) is 88.2 Å². The summed E-state index contributed by atoms with van der Waals surface area (Å²) in [6.07, 6.45) is 0. The minimum absolute atomic E-state index is 0.611. The average Bonchev–Trinajstić information content (AvgIpc) is 3.91. The van der Waals surface area contributed by atoms with Crippen molar-refractivity contribution in [3.8, 4) is 34.0 Å². The summed E-state index contributed by atoms with van der Waals surface area (Å²) >= 11 is 0. The van der Waals surface area contributed by atoms with Gasteiger partial charge >= 0.3 is 0 Å². The van der Waals surface area contributed by atoms with Gasteiger partial charge in [-0.15, -0.1) is 0 Å². The lowest BCUT2D eigenvalue weighted by atomic mass is 10.0. The van der Waals surface area contributed by atoms with E-state index >= 15 is 0 Å². The lowest BCUT2D eigenvalue weighted by molar-refractivity contribution is 0.669. The van der Waals surface area contributed by atoms with Crippen molar-refractivity contribution in [3.63, 3.8) is 0 Å². The van der Waals surface area contributed by atoms with Crippen LogP contribution in [0.25, 0.3) is 110 Å². The molecule has 0 fully saturated rings. The Bertz CT molecular complexity index is 3470. The molecule has 0 aliphatic rings. The summed E-state index contributed by atoms with van der Waals surface area (Å²) in [5.41, 5.74) is 12.3. The van der Waals surface area contributed by atoms with Gasteiger partial charge in [-0.25, -0.2) is 9.97 Å². The highest BCUT2D eigenvalue weighted by Gasteiger charge is 2.25. The Kier molecular flexibility index (Phi) is 6.27. The van der Waals surface area contributed by atoms with Gasteiger partial charge in [0.2, 0.25) is 5.95 Å². The van der Waals surface area contributed by atoms with Gasteiger partial charge in [-0.1, -0.05) is 133 Å². The fraction of sp³-hybridized carbons (Fsp3) is 0. The molecule has 0 N–H and O–H groups in total. The molecule has 0 bridgehead atoms. The Morgan fingerprint density at radius 2 is 1.00 bits per heavy atom. The van der Waals surface area contributed by atoms with Crippen LogP contribution in [0.2, 0.25) is 0 Å². The highest BCUT2D eigenvalue weighted by atomic mass is 16.3. The maximum atomic E-state index is 6.53. The quantitative estimate of drug-likeness (QED) is 0.183. The van der Waals surface area contributed by atoms with Crippen LogP contribution in [0, 0.1) is 0 Å². The molecule has 0 spiro atoms. The summed E-state index contributed by atoms with van der Waals surface area (Å²) in [7, 11) is 0. The third-order valence-electron chi connectivity index (χ3n) is 11.1. The van der Waals surface area contributed by atoms with Gasteiger partial charge in [0, 0.05) is 43.6 Å². The molecule has 4 aromatic heterocycles. The van der Waals surface area contributed by atoms with E-state index in [1.807, 2.05) is 18.2 Å². The number of rotatable bonds is 4. The van der Waals surface area contributed by atoms with E-state index in [1.54, 1.807) is 0 Å². The average molecular weight is 703 g/mol. The number of furan rings is 1. The van der Waals surface area contributed by atoms with Crippen molar-refractivity contribution in [3.05, 3.63) is 182 Å². The van der Waals surface area contributed by atoms with Crippen LogP contribution in [0.5, 0.6) is 0 Å². The van der Waals surface area contributed by atoms with Gasteiger partial charge in [0.05, 0.1) is 38.7 Å². The molecule has 0 unspecified atom stereocenters. The van der Waals surface area contributed by atoms with Crippen molar-refractivity contribution in [1.82, 2.24) is 19.1 Å². The largest absolute Gasteiger partial charge is 0.456 e. The molecule has 12 rings (SSSR count). The van der Waals surface area contributed by atoms with Crippen molar-refractivity contribution in [2.24, 2.45) is 0 Å². The highest BCUT2D eigenvalue weighted by molar-refractivity contribution is 6.31. The molecule has 0 radical (unpaired) electrons. The van der Waals surface area contributed by atoms with Crippen molar-refractivity contribution in [1.29, 1.82) is 0 Å². The first-order valence-electron chi connectivity index (χ1n) is 18.6. The second kappa shape index (κ2) is 11.5. The van der Waals surface area contributed by atoms with Gasteiger partial charge < -0.3 is 8.98 Å². The maximum Gasteiger partial charge on any atom is 0.235 e. The Balaban J connectivity index is 1.24. The predicted octanol–water partition coefficient (Wildman–Crippen LogP) is 13.1. The zero-order valence-corrected chi connectivity index (χ0v) is 29.5. The van der Waals surface area contributed by atoms with E-state index in [1.165, 1.54) is 16.3 Å². The number of nitrogens with zero attached hydrogens (tertiary/aromatic N) is 4. The zero-order valence-electron chi connectivity index (χ0n) is 29.5. The molecule has 4 heterocycles. The van der Waals surface area contributed by atoms with Gasteiger partial charge in [0.1, 0.15) is 11.2 Å². The molecule has 5 heteroatoms. The van der Waals surface area contributed by atoms with Crippen LogP contribution in [0.3, 0.4) is 0 Å². The van der Waals surface area contributed by atoms with E-state index in [-0.39, 0.29) is 0 Å². The van der Waals surface area contributed by atoms with Crippen molar-refractivity contribution in [2.75, 3.05) is 0 Å². The van der Waals surface area contributed by atoms with E-state index in [2.05, 4.69) is 173 Å². The van der Waals surface area contributed by atoms with Crippen molar-refractivity contribution < 1.29 is 4.42 Å². The number of hydrogen-bond donors (Lipinski definition) is 0. The minimum Gasteiger partial charge on any atom is -0.456 e. The number of para-hydroxylation sites is 4. The molecule has 0 atom stereocenters. The summed E-state index contributed by atoms with van der Waals surface area (Å²) in [6.45, 7) is 0. The number of fused-ring (bicyclic) bond motifs is 12. The lowest BCUT2D eigenvalue weighted by Crippen LogP contribution is -2.03. The molecule has 0 saturated carbocycles. The molecule has 0 aliphatic heterocycles. The fourth-order valence-corrected chi connectivity index (χ4v) is 8.74. The van der Waals surface area contributed by atoms with Crippen LogP contribution in [0.15, 0.2) is 186 Å². The predicted molar refractivity (Wildman–Crippen MR) is 226 cm³/mol. The van der Waals surface area contributed by atoms with Crippen LogP contribution in [0.1, 0.15) is 0 Å². The number of hydrogen-bond acceptors (Lipinski definition) is 3. The van der Waals surface area contributed by atoms with E-state index < -0.39 is 0 Å². The Labute approximate surface area is 315 Å². The summed E-state index contributed by atoms with van der Waals surface area (Å²) in [5.74, 6) is 0.611. The fourth-order valence-electron chi connectivity index (χ4n) is 8.74. The van der Waals surface area contributed by atoms with Gasteiger partial charge in [-0.3, -0.25) is 4.57 Å². The van der Waals surface area contributed by atoms with E-state index in [4.69, 9.17) is 14.4 Å². The normalized spacial score (nSPS) is 12.0. The van der Waals surface area contributed by atoms with Crippen molar-refractivity contribution >= 4 is 76.5 Å². The first-order valence-corrected chi connectivity index (χ1v) is 18.6. The van der Waals surface area contributed by atoms with Crippen LogP contribution < -0.4 is 0 Å². The summed E-state index contributed by atoms with van der Waals surface area (Å²) < 4.78 is 11.2. The molecular weight excluding hydrogens is 673 g/mol. The standard InChI is InChI=1S/C50H30N4O/c1-3-13-31(14-4-1)32-23-25-33(26-24-32)47-37-18-7-10-20-40(37)51-50(52-47)54-42-29-27-36-35-17-8-11-21-41(35)53(34-15-5-2-6-16-34)48(36)45(42)39-28-30-44-46(49(39)54)38-19-9-12-22-43(38)55-44/h1-30H. The van der Waals surface area contributed by atoms with Crippen LogP contribution >= 0.6 is 0 Å². The van der Waals surface area contributed by atoms with Gasteiger partial charge in [-0.2, -0.15) is 0 Å². The molecule has 5 nitrogen and oxygen atoms in total. The lowest BCUT2D eigenvalue weighted by Gasteiger charge is -2.13. The number of aromatic nitrogens is 4. The molecule has 0 saturated heterocycles. The Morgan fingerprint density at radius 1 is 0.364 bits per heavy atom. The highest BCUT2D eigenvalue weighted by Crippen LogP contribution is 2.45. The SMILES string of the molecule is c1ccc(-c2ccc(-c3nc(-n4c5ccc6c7ccccc7n(-c7ccccc7)c6c5c5ccc6oc7ccccc7c6c54)nc4ccccc34)cc2)cc1. The molecule has 0 aliphatic carbocycles. The maximum absolute atomic E-state index is 6.53. The summed E-state index contributed by atoms with van der Waals surface area (Å²) in [6, 6.07) is 64.1. The molecule has 12 aromatic rings. The molecular formula is C50H30N4O. The third kappa shape index (κ3) is 4.35. The second-order valence-corrected chi connectivity index (χ2v) is 14.1. The molecule has 55 heavy (non-hydrogen) atoms. The minimum atomic E-state index is 0.611. The van der Waals surface area contributed by atoms with Gasteiger partial charge in [0.25, 0.3) is 0 Å². The molecule has 8 aromatic carbocycles. The summed E-state index contributed by atoms with van der Waals surface area (Å²) in [4.78, 5) is 10.9. The topological polar surface area (TPSA) is 48.8 Å². The molecule has 0 amide bonds. The number of benzene rings is 8. The van der Waals surface area contributed by atoms with Gasteiger partial charge in [0.15, 0.2) is 0 Å². The first-order chi connectivity index (χ1) is 27.3. The van der Waals surface area contributed by atoms with E-state index in [0.29, 0.717) is 5.95 Å². The zero-order chi connectivity index (χ0) is 36.0. The summed E-state index contributed by atoms with van der Waals surface area (Å²) in [5, 5.41) is 7.78. The monoisotopic (exact) mass is 702 g/mol. The Morgan fingerprint density at radius 3 is 1.84 bits per heavy atom. The van der Waals surface area contributed by atoms with Crippen LogP contribution in [-0.4, -0.2) is 19.1 Å². The molecule has 256 valence electrons. The van der Waals surface area contributed by atoms with Gasteiger partial charge in [-0.05, 0) is 59.7 Å². The van der Waals surface area contributed by atoms with Crippen molar-refractivity contribution in [2.45, 2.75) is 0 Å². The third-order valence-corrected chi connectivity index (χ3v) is 11.1. The van der Waals surface area contributed by atoms with Crippen LogP contribution in [-0.2, 0) is 0 Å². The second-order valence-electron chi connectivity index (χ2n) is 14.1.